The van der Waals surface area contributed by atoms with E-state index in [0.29, 0.717) is 6.42 Å². The van der Waals surface area contributed by atoms with Gasteiger partial charge in [-0.25, -0.2) is 4.98 Å². The van der Waals surface area contributed by atoms with Crippen LogP contribution in [0, 0.1) is 0 Å². The van der Waals surface area contributed by atoms with Crippen molar-refractivity contribution in [1.29, 1.82) is 0 Å². The number of aryl methyl sites for hydroxylation is 3. The number of amides is 1. The molecule has 4 rings (SSSR count). The number of hydrogen-bond acceptors (Lipinski definition) is 3. The van der Waals surface area contributed by atoms with Gasteiger partial charge < -0.3 is 10.3 Å². The highest BCUT2D eigenvalue weighted by molar-refractivity contribution is 7.15. The van der Waals surface area contributed by atoms with Crippen LogP contribution in [0.2, 0.25) is 0 Å². The minimum absolute atomic E-state index is 0.0395. The molecule has 1 amide bonds. The fourth-order valence-electron chi connectivity index (χ4n) is 3.01. The Balaban J connectivity index is 1.39. The third kappa shape index (κ3) is 2.52. The molecule has 0 radical (unpaired) electrons. The quantitative estimate of drug-likeness (QED) is 0.772. The minimum Gasteiger partial charge on any atom is -0.361 e. The number of carbonyl (C=O) groups excluding carboxylic acids is 1. The van der Waals surface area contributed by atoms with E-state index < -0.39 is 0 Å². The van der Waals surface area contributed by atoms with E-state index in [-0.39, 0.29) is 5.91 Å². The van der Waals surface area contributed by atoms with Crippen LogP contribution in [-0.4, -0.2) is 15.9 Å². The van der Waals surface area contributed by atoms with Crippen LogP contribution >= 0.6 is 11.3 Å². The first-order valence-electron chi connectivity index (χ1n) is 7.63. The largest absolute Gasteiger partial charge is 0.361 e. The SMILES string of the molecule is O=C(CCc1c[nH]c2ccccc12)Nc1nc2c(s1)CCC2. The lowest BCUT2D eigenvalue weighted by molar-refractivity contribution is -0.116. The van der Waals surface area contributed by atoms with Crippen LogP contribution in [0.1, 0.15) is 29.0 Å². The molecule has 0 saturated carbocycles. The van der Waals surface area contributed by atoms with Crippen molar-refractivity contribution in [1.82, 2.24) is 9.97 Å². The van der Waals surface area contributed by atoms with Crippen molar-refractivity contribution in [2.75, 3.05) is 5.32 Å². The van der Waals surface area contributed by atoms with Gasteiger partial charge in [0.15, 0.2) is 5.13 Å². The maximum atomic E-state index is 12.1. The molecule has 1 aromatic carbocycles. The fourth-order valence-corrected chi connectivity index (χ4v) is 4.08. The highest BCUT2D eigenvalue weighted by atomic mass is 32.1. The van der Waals surface area contributed by atoms with E-state index in [9.17, 15) is 4.79 Å². The Hall–Kier alpha value is -2.14. The summed E-state index contributed by atoms with van der Waals surface area (Å²) in [6.07, 6.45) is 6.57. The van der Waals surface area contributed by atoms with Crippen molar-refractivity contribution in [2.24, 2.45) is 0 Å². The molecule has 0 atom stereocenters. The van der Waals surface area contributed by atoms with Crippen molar-refractivity contribution in [3.05, 3.63) is 46.6 Å². The number of aromatic amines is 1. The fraction of sp³-hybridized carbons (Fsp3) is 0.294. The van der Waals surface area contributed by atoms with Crippen LogP contribution in [0.5, 0.6) is 0 Å². The number of rotatable bonds is 4. The molecular formula is C17H17N3OS. The number of fused-ring (bicyclic) bond motifs is 2. The van der Waals surface area contributed by atoms with Gasteiger partial charge in [0.05, 0.1) is 5.69 Å². The molecule has 0 unspecified atom stereocenters. The molecule has 0 spiro atoms. The van der Waals surface area contributed by atoms with E-state index in [1.165, 1.54) is 27.9 Å². The number of thiazole rings is 1. The van der Waals surface area contributed by atoms with Crippen LogP contribution in [0.4, 0.5) is 5.13 Å². The molecular weight excluding hydrogens is 294 g/mol. The predicted octanol–water partition coefficient (Wildman–Crippen LogP) is 3.68. The van der Waals surface area contributed by atoms with Crippen LogP contribution in [0.15, 0.2) is 30.5 Å². The van der Waals surface area contributed by atoms with Gasteiger partial charge in [-0.2, -0.15) is 0 Å². The van der Waals surface area contributed by atoms with Gasteiger partial charge in [0.2, 0.25) is 5.91 Å². The molecule has 1 aliphatic carbocycles. The summed E-state index contributed by atoms with van der Waals surface area (Å²) in [4.78, 5) is 21.2. The third-order valence-electron chi connectivity index (χ3n) is 4.14. The van der Waals surface area contributed by atoms with E-state index in [2.05, 4.69) is 27.4 Å². The Kier molecular flexibility index (Phi) is 3.42. The summed E-state index contributed by atoms with van der Waals surface area (Å²) in [5.41, 5.74) is 3.48. The molecule has 0 fully saturated rings. The minimum atomic E-state index is 0.0395. The number of para-hydroxylation sites is 1. The monoisotopic (exact) mass is 311 g/mol. The maximum absolute atomic E-state index is 12.1. The first kappa shape index (κ1) is 13.5. The zero-order valence-corrected chi connectivity index (χ0v) is 13.0. The molecule has 0 aliphatic heterocycles. The van der Waals surface area contributed by atoms with Crippen LogP contribution in [-0.2, 0) is 24.1 Å². The van der Waals surface area contributed by atoms with E-state index >= 15 is 0 Å². The molecule has 112 valence electrons. The maximum Gasteiger partial charge on any atom is 0.226 e. The summed E-state index contributed by atoms with van der Waals surface area (Å²) in [5.74, 6) is 0.0395. The molecule has 3 aromatic rings. The normalized spacial score (nSPS) is 13.5. The van der Waals surface area contributed by atoms with Crippen molar-refractivity contribution in [3.63, 3.8) is 0 Å². The van der Waals surface area contributed by atoms with Crippen LogP contribution in [0.25, 0.3) is 10.9 Å². The second-order valence-electron chi connectivity index (χ2n) is 5.65. The van der Waals surface area contributed by atoms with Gasteiger partial charge in [-0.05, 0) is 37.3 Å². The summed E-state index contributed by atoms with van der Waals surface area (Å²) in [5, 5.41) is 4.90. The Labute approximate surface area is 132 Å². The molecule has 1 aliphatic rings. The van der Waals surface area contributed by atoms with E-state index in [0.717, 1.165) is 29.9 Å². The third-order valence-corrected chi connectivity index (χ3v) is 5.21. The molecule has 4 nitrogen and oxygen atoms in total. The lowest BCUT2D eigenvalue weighted by atomic mass is 10.1. The molecule has 0 bridgehead atoms. The summed E-state index contributed by atoms with van der Waals surface area (Å²) >= 11 is 1.63. The van der Waals surface area contributed by atoms with Gasteiger partial charge in [-0.1, -0.05) is 18.2 Å². The summed E-state index contributed by atoms with van der Waals surface area (Å²) < 4.78 is 0. The predicted molar refractivity (Wildman–Crippen MR) is 89.4 cm³/mol. The standard InChI is InChI=1S/C17H17N3OS/c21-16(20-17-19-14-6-3-7-15(14)22-17)9-8-11-10-18-13-5-2-1-4-12(11)13/h1-2,4-5,10,18H,3,6-9H2,(H,19,20,21). The molecule has 0 saturated heterocycles. The van der Waals surface area contributed by atoms with Gasteiger partial charge in [0.1, 0.15) is 0 Å². The first-order chi connectivity index (χ1) is 10.8. The number of carbonyl (C=O) groups is 1. The topological polar surface area (TPSA) is 57.8 Å². The van der Waals surface area contributed by atoms with Gasteiger partial charge in [-0.15, -0.1) is 11.3 Å². The number of hydrogen-bond donors (Lipinski definition) is 2. The zero-order valence-electron chi connectivity index (χ0n) is 12.2. The number of anilines is 1. The summed E-state index contributed by atoms with van der Waals surface area (Å²) in [7, 11) is 0. The lowest BCUT2D eigenvalue weighted by Crippen LogP contribution is -2.12. The highest BCUT2D eigenvalue weighted by Crippen LogP contribution is 2.30. The summed E-state index contributed by atoms with van der Waals surface area (Å²) in [6.45, 7) is 0. The lowest BCUT2D eigenvalue weighted by Gasteiger charge is -2.01. The number of nitrogens with zero attached hydrogens (tertiary/aromatic N) is 1. The van der Waals surface area contributed by atoms with Gasteiger partial charge in [0.25, 0.3) is 0 Å². The average Bonchev–Trinajstić information content (AvgIpc) is 3.19. The van der Waals surface area contributed by atoms with Crippen LogP contribution < -0.4 is 5.32 Å². The molecule has 2 heterocycles. The van der Waals surface area contributed by atoms with Crippen molar-refractivity contribution in [2.45, 2.75) is 32.1 Å². The molecule has 2 N–H and O–H groups in total. The number of aromatic nitrogens is 2. The van der Waals surface area contributed by atoms with Crippen molar-refractivity contribution >= 4 is 33.3 Å². The average molecular weight is 311 g/mol. The first-order valence-corrected chi connectivity index (χ1v) is 8.44. The Bertz CT molecular complexity index is 812. The second kappa shape index (κ2) is 5.57. The Morgan fingerprint density at radius 2 is 2.23 bits per heavy atom. The van der Waals surface area contributed by atoms with Crippen LogP contribution in [0.3, 0.4) is 0 Å². The number of nitrogens with one attached hydrogen (secondary N) is 2. The van der Waals surface area contributed by atoms with Gasteiger partial charge >= 0.3 is 0 Å². The van der Waals surface area contributed by atoms with Crippen molar-refractivity contribution in [3.8, 4) is 0 Å². The smallest absolute Gasteiger partial charge is 0.226 e. The number of H-pyrrole nitrogens is 1. The van der Waals surface area contributed by atoms with E-state index in [4.69, 9.17) is 0 Å². The molecule has 5 heteroatoms. The van der Waals surface area contributed by atoms with Gasteiger partial charge in [0, 0.05) is 28.4 Å². The van der Waals surface area contributed by atoms with E-state index in [1.54, 1.807) is 11.3 Å². The Morgan fingerprint density at radius 3 is 3.14 bits per heavy atom. The molecule has 22 heavy (non-hydrogen) atoms. The molecule has 2 aromatic heterocycles. The highest BCUT2D eigenvalue weighted by Gasteiger charge is 2.17. The summed E-state index contributed by atoms with van der Waals surface area (Å²) in [6, 6.07) is 8.17. The van der Waals surface area contributed by atoms with Gasteiger partial charge in [-0.3, -0.25) is 4.79 Å². The Morgan fingerprint density at radius 1 is 1.32 bits per heavy atom. The number of benzene rings is 1. The van der Waals surface area contributed by atoms with E-state index in [1.807, 2.05) is 18.3 Å². The second-order valence-corrected chi connectivity index (χ2v) is 6.73. The van der Waals surface area contributed by atoms with Crippen molar-refractivity contribution < 1.29 is 4.79 Å². The zero-order chi connectivity index (χ0) is 14.9.